The van der Waals surface area contributed by atoms with Crippen molar-refractivity contribution in [3.63, 3.8) is 0 Å². The smallest absolute Gasteiger partial charge is 0.387 e. The third-order valence-corrected chi connectivity index (χ3v) is 4.66. The van der Waals surface area contributed by atoms with E-state index in [4.69, 9.17) is 4.74 Å². The number of nitrogens with zero attached hydrogens (tertiary/aromatic N) is 2. The first-order chi connectivity index (χ1) is 13.1. The normalized spacial score (nSPS) is 11.8. The van der Waals surface area contributed by atoms with Gasteiger partial charge in [-0.05, 0) is 54.1 Å². The summed E-state index contributed by atoms with van der Waals surface area (Å²) in [5.74, 6) is 0.844. The predicted octanol–water partition coefficient (Wildman–Crippen LogP) is 4.05. The molecule has 1 aromatic heterocycles. The Morgan fingerprint density at radius 3 is 2.33 bits per heavy atom. The average molecular weight is 392 g/mol. The molecule has 1 heterocycles. The molecule has 0 radical (unpaired) electrons. The summed E-state index contributed by atoms with van der Waals surface area (Å²) in [4.78, 5) is 5.25. The van der Waals surface area contributed by atoms with Crippen molar-refractivity contribution in [3.8, 4) is 22.8 Å². The zero-order chi connectivity index (χ0) is 19.2. The number of benzene rings is 2. The number of thiazole rings is 1. The maximum atomic E-state index is 12.2. The fourth-order valence-electron chi connectivity index (χ4n) is 2.54. The Balaban J connectivity index is 1.95. The molecule has 0 saturated carbocycles. The van der Waals surface area contributed by atoms with E-state index in [1.807, 2.05) is 34.2 Å². The van der Waals surface area contributed by atoms with Gasteiger partial charge in [-0.3, -0.25) is 0 Å². The zero-order valence-electron chi connectivity index (χ0n) is 14.5. The van der Waals surface area contributed by atoms with Crippen LogP contribution in [0.3, 0.4) is 0 Å². The van der Waals surface area contributed by atoms with Gasteiger partial charge in [-0.25, -0.2) is 4.99 Å². The molecular weight excluding hydrogens is 374 g/mol. The van der Waals surface area contributed by atoms with Gasteiger partial charge in [0.15, 0.2) is 4.80 Å². The first-order valence-electron chi connectivity index (χ1n) is 8.14. The summed E-state index contributed by atoms with van der Waals surface area (Å²) in [5, 5.41) is 11.4. The quantitative estimate of drug-likeness (QED) is 0.660. The third kappa shape index (κ3) is 4.72. The lowest BCUT2D eigenvalue weighted by Gasteiger charge is -2.08. The monoisotopic (exact) mass is 392 g/mol. The highest BCUT2D eigenvalue weighted by atomic mass is 32.1. The zero-order valence-corrected chi connectivity index (χ0v) is 15.3. The fraction of sp³-hybridized carbons (Fsp3) is 0.211. The SMILES string of the molecule is COc1ccc(-c2csc(=Nc3ccc(OC(F)F)cc3)n2CCO)cc1. The second kappa shape index (κ2) is 8.79. The molecular formula is C19H18F2N2O3S. The van der Waals surface area contributed by atoms with Crippen molar-refractivity contribution in [3.05, 3.63) is 58.7 Å². The Labute approximate surface area is 158 Å². The largest absolute Gasteiger partial charge is 0.497 e. The molecule has 0 atom stereocenters. The van der Waals surface area contributed by atoms with E-state index in [1.165, 1.54) is 23.5 Å². The number of aliphatic hydroxyl groups excluding tert-OH is 1. The highest BCUT2D eigenvalue weighted by Gasteiger charge is 2.09. The lowest BCUT2D eigenvalue weighted by Crippen LogP contribution is -2.17. The average Bonchev–Trinajstić information content (AvgIpc) is 3.06. The van der Waals surface area contributed by atoms with Gasteiger partial charge in [0.25, 0.3) is 0 Å². The number of hydrogen-bond donors (Lipinski definition) is 1. The number of aromatic nitrogens is 1. The predicted molar refractivity (Wildman–Crippen MR) is 99.7 cm³/mol. The van der Waals surface area contributed by atoms with Crippen molar-refractivity contribution in [1.29, 1.82) is 0 Å². The molecule has 8 heteroatoms. The Kier molecular flexibility index (Phi) is 6.20. The molecule has 0 aliphatic carbocycles. The summed E-state index contributed by atoms with van der Waals surface area (Å²) >= 11 is 1.43. The van der Waals surface area contributed by atoms with Crippen LogP contribution < -0.4 is 14.3 Å². The molecule has 27 heavy (non-hydrogen) atoms. The van der Waals surface area contributed by atoms with Crippen molar-refractivity contribution in [2.75, 3.05) is 13.7 Å². The van der Waals surface area contributed by atoms with Crippen LogP contribution in [-0.4, -0.2) is 30.0 Å². The maximum absolute atomic E-state index is 12.2. The molecule has 0 bridgehead atoms. The van der Waals surface area contributed by atoms with Gasteiger partial charge < -0.3 is 19.1 Å². The fourth-order valence-corrected chi connectivity index (χ4v) is 3.50. The second-order valence-electron chi connectivity index (χ2n) is 5.49. The van der Waals surface area contributed by atoms with E-state index in [9.17, 15) is 13.9 Å². The van der Waals surface area contributed by atoms with Crippen LogP contribution in [0.15, 0.2) is 58.9 Å². The highest BCUT2D eigenvalue weighted by molar-refractivity contribution is 7.07. The van der Waals surface area contributed by atoms with Gasteiger partial charge >= 0.3 is 6.61 Å². The molecule has 2 aromatic carbocycles. The number of rotatable bonds is 7. The molecule has 0 fully saturated rings. The first kappa shape index (κ1) is 19.1. The number of methoxy groups -OCH3 is 1. The van der Waals surface area contributed by atoms with Gasteiger partial charge in [0.05, 0.1) is 25.1 Å². The summed E-state index contributed by atoms with van der Waals surface area (Å²) in [6, 6.07) is 13.7. The van der Waals surface area contributed by atoms with Crippen molar-refractivity contribution < 1.29 is 23.4 Å². The molecule has 5 nitrogen and oxygen atoms in total. The van der Waals surface area contributed by atoms with Crippen molar-refractivity contribution in [1.82, 2.24) is 4.57 Å². The Morgan fingerprint density at radius 1 is 1.07 bits per heavy atom. The molecule has 142 valence electrons. The highest BCUT2D eigenvalue weighted by Crippen LogP contribution is 2.24. The molecule has 3 rings (SSSR count). The van der Waals surface area contributed by atoms with Gasteiger partial charge in [0.1, 0.15) is 11.5 Å². The van der Waals surface area contributed by atoms with Crippen LogP contribution >= 0.6 is 11.3 Å². The molecule has 0 unspecified atom stereocenters. The summed E-state index contributed by atoms with van der Waals surface area (Å²) in [6.45, 7) is -2.51. The van der Waals surface area contributed by atoms with Crippen LogP contribution in [0, 0.1) is 0 Å². The molecule has 1 N–H and O–H groups in total. The molecule has 0 aliphatic rings. The number of aliphatic hydroxyl groups is 1. The van der Waals surface area contributed by atoms with Crippen LogP contribution in [0.4, 0.5) is 14.5 Å². The summed E-state index contributed by atoms with van der Waals surface area (Å²) in [7, 11) is 1.61. The van der Waals surface area contributed by atoms with E-state index in [1.54, 1.807) is 19.2 Å². The van der Waals surface area contributed by atoms with Gasteiger partial charge in [-0.1, -0.05) is 0 Å². The number of halogens is 2. The van der Waals surface area contributed by atoms with Crippen LogP contribution in [-0.2, 0) is 6.54 Å². The van der Waals surface area contributed by atoms with E-state index in [0.29, 0.717) is 17.0 Å². The first-order valence-corrected chi connectivity index (χ1v) is 9.02. The summed E-state index contributed by atoms with van der Waals surface area (Å²) < 4.78 is 35.9. The van der Waals surface area contributed by atoms with Crippen molar-refractivity contribution in [2.24, 2.45) is 4.99 Å². The van der Waals surface area contributed by atoms with Crippen LogP contribution in [0.1, 0.15) is 0 Å². The van der Waals surface area contributed by atoms with Crippen LogP contribution in [0.2, 0.25) is 0 Å². The lowest BCUT2D eigenvalue weighted by atomic mass is 10.1. The van der Waals surface area contributed by atoms with Crippen molar-refractivity contribution >= 4 is 17.0 Å². The summed E-state index contributed by atoms with van der Waals surface area (Å²) in [5.41, 5.74) is 2.50. The standard InChI is InChI=1S/C19H18F2N2O3S/c1-25-15-6-2-13(3-7-15)17-12-27-19(23(17)10-11-24)22-14-4-8-16(9-5-14)26-18(20)21/h2-9,12,18,24H,10-11H2,1H3. The minimum atomic E-state index is -2.86. The lowest BCUT2D eigenvalue weighted by molar-refractivity contribution is -0.0498. The number of hydrogen-bond acceptors (Lipinski definition) is 5. The molecule has 0 amide bonds. The minimum Gasteiger partial charge on any atom is -0.497 e. The van der Waals surface area contributed by atoms with E-state index < -0.39 is 6.61 Å². The third-order valence-electron chi connectivity index (χ3n) is 3.79. The summed E-state index contributed by atoms with van der Waals surface area (Å²) in [6.07, 6.45) is 0. The molecule has 3 aromatic rings. The molecule has 0 saturated heterocycles. The van der Waals surface area contributed by atoms with Crippen LogP contribution in [0.5, 0.6) is 11.5 Å². The van der Waals surface area contributed by atoms with E-state index in [0.717, 1.165) is 17.0 Å². The van der Waals surface area contributed by atoms with E-state index >= 15 is 0 Å². The number of alkyl halides is 2. The molecule has 0 spiro atoms. The minimum absolute atomic E-state index is 0.0335. The van der Waals surface area contributed by atoms with Gasteiger partial charge in [-0.2, -0.15) is 8.78 Å². The Hall–Kier alpha value is -2.71. The topological polar surface area (TPSA) is 56.0 Å². The Morgan fingerprint density at radius 2 is 1.74 bits per heavy atom. The van der Waals surface area contributed by atoms with E-state index in [-0.39, 0.29) is 12.4 Å². The Bertz CT molecular complexity index is 935. The second-order valence-corrected chi connectivity index (χ2v) is 6.33. The van der Waals surface area contributed by atoms with E-state index in [2.05, 4.69) is 9.73 Å². The van der Waals surface area contributed by atoms with Crippen molar-refractivity contribution in [2.45, 2.75) is 13.2 Å². The van der Waals surface area contributed by atoms with Gasteiger partial charge in [-0.15, -0.1) is 11.3 Å². The number of ether oxygens (including phenoxy) is 2. The molecule has 0 aliphatic heterocycles. The maximum Gasteiger partial charge on any atom is 0.387 e. The van der Waals surface area contributed by atoms with Crippen LogP contribution in [0.25, 0.3) is 11.3 Å². The van der Waals surface area contributed by atoms with Gasteiger partial charge in [0.2, 0.25) is 0 Å². The van der Waals surface area contributed by atoms with Gasteiger partial charge in [0, 0.05) is 11.9 Å².